The van der Waals surface area contributed by atoms with E-state index >= 15 is 0 Å². The minimum absolute atomic E-state index is 0. The summed E-state index contributed by atoms with van der Waals surface area (Å²) in [4.78, 5) is 21.1. The Morgan fingerprint density at radius 2 is 1.57 bits per heavy atom. The van der Waals surface area contributed by atoms with Crippen LogP contribution < -0.4 is 0 Å². The maximum Gasteiger partial charge on any atom is 0.305 e. The smallest absolute Gasteiger partial charge is 0.305 e. The molecule has 0 saturated carbocycles. The second-order valence-electron chi connectivity index (χ2n) is 2.43. The van der Waals surface area contributed by atoms with Crippen molar-refractivity contribution in [2.24, 2.45) is 0 Å². The Kier molecular flexibility index (Phi) is 9.33. The van der Waals surface area contributed by atoms with Gasteiger partial charge in [0.2, 0.25) is 6.29 Å². The monoisotopic (exact) mass is 206 g/mol. The zero-order valence-electron chi connectivity index (χ0n) is 8.03. The highest BCUT2D eigenvalue weighted by Gasteiger charge is 2.14. The van der Waals surface area contributed by atoms with Crippen molar-refractivity contribution in [1.29, 1.82) is 0 Å². The first-order valence-electron chi connectivity index (χ1n) is 3.89. The lowest BCUT2D eigenvalue weighted by Crippen LogP contribution is -2.23. The van der Waals surface area contributed by atoms with Gasteiger partial charge in [-0.2, -0.15) is 0 Å². The van der Waals surface area contributed by atoms with E-state index in [1.54, 1.807) is 0 Å². The van der Waals surface area contributed by atoms with Gasteiger partial charge < -0.3 is 14.2 Å². The van der Waals surface area contributed by atoms with E-state index in [-0.39, 0.29) is 7.43 Å². The van der Waals surface area contributed by atoms with Crippen molar-refractivity contribution in [3.8, 4) is 0 Å². The van der Waals surface area contributed by atoms with E-state index in [1.807, 2.05) is 0 Å². The first kappa shape index (κ1) is 15.4. The number of hydrogen-bond acceptors (Lipinski definition) is 5. The van der Waals surface area contributed by atoms with Crippen LogP contribution in [0.25, 0.3) is 0 Å². The summed E-state index contributed by atoms with van der Waals surface area (Å²) in [5.41, 5.74) is 0. The molecule has 0 bridgehead atoms. The second-order valence-corrected chi connectivity index (χ2v) is 2.43. The molecule has 0 amide bonds. The van der Waals surface area contributed by atoms with Gasteiger partial charge in [-0.25, -0.2) is 0 Å². The van der Waals surface area contributed by atoms with Gasteiger partial charge in [0.1, 0.15) is 0 Å². The maximum absolute atomic E-state index is 10.5. The fourth-order valence-electron chi connectivity index (χ4n) is 0.726. The Labute approximate surface area is 84.3 Å². The van der Waals surface area contributed by atoms with Crippen LogP contribution in [-0.2, 0) is 23.8 Å². The number of hydrogen-bond donors (Lipinski definition) is 0. The van der Waals surface area contributed by atoms with E-state index in [0.717, 1.165) is 0 Å². The molecule has 0 heterocycles. The van der Waals surface area contributed by atoms with Crippen molar-refractivity contribution in [3.05, 3.63) is 0 Å². The SMILES string of the molecule is C.COCCC(OC(C)=O)OC(C)=O. The van der Waals surface area contributed by atoms with Crippen molar-refractivity contribution >= 4 is 11.9 Å². The molecule has 0 rings (SSSR count). The van der Waals surface area contributed by atoms with Gasteiger partial charge in [0.25, 0.3) is 0 Å². The summed E-state index contributed by atoms with van der Waals surface area (Å²) in [6, 6.07) is 0. The molecular formula is C9H18O5. The average Bonchev–Trinajstić information content (AvgIpc) is 1.98. The van der Waals surface area contributed by atoms with Crippen LogP contribution in [-0.4, -0.2) is 31.9 Å². The molecule has 0 aromatic heterocycles. The molecule has 5 heteroatoms. The van der Waals surface area contributed by atoms with Gasteiger partial charge in [0, 0.05) is 27.4 Å². The molecule has 0 aliphatic carbocycles. The Morgan fingerprint density at radius 3 is 1.86 bits per heavy atom. The molecule has 0 atom stereocenters. The topological polar surface area (TPSA) is 61.8 Å². The quantitative estimate of drug-likeness (QED) is 0.498. The van der Waals surface area contributed by atoms with Crippen molar-refractivity contribution in [2.45, 2.75) is 34.0 Å². The summed E-state index contributed by atoms with van der Waals surface area (Å²) >= 11 is 0. The Morgan fingerprint density at radius 1 is 1.14 bits per heavy atom. The number of carbonyl (C=O) groups is 2. The predicted molar refractivity (Wildman–Crippen MR) is 50.5 cm³/mol. The lowest BCUT2D eigenvalue weighted by Gasteiger charge is -2.15. The van der Waals surface area contributed by atoms with Crippen LogP contribution >= 0.6 is 0 Å². The number of ether oxygens (including phenoxy) is 3. The summed E-state index contributed by atoms with van der Waals surface area (Å²) in [6.45, 7) is 2.87. The number of carbonyl (C=O) groups excluding carboxylic acids is 2. The summed E-state index contributed by atoms with van der Waals surface area (Å²) < 4.78 is 14.2. The van der Waals surface area contributed by atoms with E-state index in [1.165, 1.54) is 21.0 Å². The highest BCUT2D eigenvalue weighted by atomic mass is 16.7. The van der Waals surface area contributed by atoms with Gasteiger partial charge in [-0.1, -0.05) is 7.43 Å². The first-order chi connectivity index (χ1) is 6.06. The summed E-state index contributed by atoms with van der Waals surface area (Å²) in [5, 5.41) is 0. The highest BCUT2D eigenvalue weighted by Crippen LogP contribution is 2.02. The molecule has 5 nitrogen and oxygen atoms in total. The Hall–Kier alpha value is -1.10. The van der Waals surface area contributed by atoms with Gasteiger partial charge in [0.05, 0.1) is 6.61 Å². The van der Waals surface area contributed by atoms with Crippen molar-refractivity contribution < 1.29 is 23.8 Å². The number of rotatable bonds is 5. The zero-order valence-corrected chi connectivity index (χ0v) is 8.03. The van der Waals surface area contributed by atoms with Crippen LogP contribution in [0.1, 0.15) is 27.7 Å². The molecule has 84 valence electrons. The lowest BCUT2D eigenvalue weighted by molar-refractivity contribution is -0.187. The number of methoxy groups -OCH3 is 1. The van der Waals surface area contributed by atoms with Gasteiger partial charge in [-0.05, 0) is 0 Å². The van der Waals surface area contributed by atoms with Gasteiger partial charge in [-0.3, -0.25) is 9.59 Å². The summed E-state index contributed by atoms with van der Waals surface area (Å²) in [5.74, 6) is -0.968. The molecule has 0 aromatic rings. The van der Waals surface area contributed by atoms with E-state index in [0.29, 0.717) is 13.0 Å². The van der Waals surface area contributed by atoms with Crippen LogP contribution in [0.5, 0.6) is 0 Å². The van der Waals surface area contributed by atoms with Gasteiger partial charge >= 0.3 is 11.9 Å². The van der Waals surface area contributed by atoms with Crippen LogP contribution in [0.3, 0.4) is 0 Å². The van der Waals surface area contributed by atoms with Crippen LogP contribution in [0, 0.1) is 0 Å². The van der Waals surface area contributed by atoms with Crippen molar-refractivity contribution in [1.82, 2.24) is 0 Å². The molecule has 0 saturated heterocycles. The summed E-state index contributed by atoms with van der Waals surface area (Å²) in [6.07, 6.45) is -0.495. The van der Waals surface area contributed by atoms with Crippen LogP contribution in [0.15, 0.2) is 0 Å². The largest absolute Gasteiger partial charge is 0.425 e. The molecule has 0 fully saturated rings. The molecule has 14 heavy (non-hydrogen) atoms. The maximum atomic E-state index is 10.5. The third kappa shape index (κ3) is 8.99. The molecule has 0 aromatic carbocycles. The molecule has 0 radical (unpaired) electrons. The van der Waals surface area contributed by atoms with Crippen molar-refractivity contribution in [2.75, 3.05) is 13.7 Å². The normalized spacial score (nSPS) is 9.14. The predicted octanol–water partition coefficient (Wildman–Crippen LogP) is 1.11. The average molecular weight is 206 g/mol. The van der Waals surface area contributed by atoms with Gasteiger partial charge in [-0.15, -0.1) is 0 Å². The van der Waals surface area contributed by atoms with Crippen molar-refractivity contribution in [3.63, 3.8) is 0 Å². The minimum Gasteiger partial charge on any atom is -0.425 e. The lowest BCUT2D eigenvalue weighted by atomic mass is 10.4. The number of esters is 2. The second kappa shape index (κ2) is 8.50. The third-order valence-corrected chi connectivity index (χ3v) is 1.15. The fourth-order valence-corrected chi connectivity index (χ4v) is 0.726. The van der Waals surface area contributed by atoms with E-state index < -0.39 is 18.2 Å². The molecule has 0 aliphatic heterocycles. The molecule has 0 N–H and O–H groups in total. The summed E-state index contributed by atoms with van der Waals surface area (Å²) in [7, 11) is 1.51. The fraction of sp³-hybridized carbons (Fsp3) is 0.778. The van der Waals surface area contributed by atoms with Gasteiger partial charge in [0.15, 0.2) is 0 Å². The van der Waals surface area contributed by atoms with Crippen LogP contribution in [0.4, 0.5) is 0 Å². The molecule has 0 aliphatic rings. The van der Waals surface area contributed by atoms with E-state index in [4.69, 9.17) is 14.2 Å². The standard InChI is InChI=1S/C8H14O5.CH4/c1-6(9)12-8(4-5-11-3)13-7(2)10;/h8H,4-5H2,1-3H3;1H4. The third-order valence-electron chi connectivity index (χ3n) is 1.15. The van der Waals surface area contributed by atoms with E-state index in [9.17, 15) is 9.59 Å². The molecule has 0 spiro atoms. The Balaban J connectivity index is 0. The van der Waals surface area contributed by atoms with E-state index in [2.05, 4.69) is 0 Å². The minimum atomic E-state index is -0.838. The molecular weight excluding hydrogens is 188 g/mol. The highest BCUT2D eigenvalue weighted by molar-refractivity contribution is 5.68. The first-order valence-corrected chi connectivity index (χ1v) is 3.89. The molecule has 0 unspecified atom stereocenters. The zero-order chi connectivity index (χ0) is 10.3. The Bertz CT molecular complexity index is 162. The van der Waals surface area contributed by atoms with Crippen LogP contribution in [0.2, 0.25) is 0 Å².